The standard InChI is InChI=1S/C26H19F2N3O.2C25H18F2N4O/c1-17-9-11-22-23(15-18-6-5-7-20(14-18)26(2,27)28)30-32-25(22)21(17)12-10-19-16-29-31-13-4-3-8-24(19)31;1-16-7-9-21-22(14-17-5-3-6-19(13-17)25(2,26)27)30-32-23(21)20(16)10-8-18-15-29-31-12-4-11-28-24(18)31;1-16-6-8-21-22(13-17-4-3-5-19(12-17)25(2,26)27)30-32-24(21)20(16)9-7-18-14-29-31-15-28-11-10-23(18)31/h3-9,11,13-14,16H,15H2,1-2H3;3-7,9,11-13,15H,14H2,1-2H3;3-6,8,10-12,14-15H,13H2,1-2H3. The van der Waals surface area contributed by atoms with Gasteiger partial charge in [0.05, 0.1) is 80.1 Å². The van der Waals surface area contributed by atoms with Crippen molar-refractivity contribution in [1.29, 1.82) is 0 Å². The van der Waals surface area contributed by atoms with E-state index in [2.05, 4.69) is 76.3 Å². The zero-order valence-corrected chi connectivity index (χ0v) is 52.4. The van der Waals surface area contributed by atoms with Crippen LogP contribution in [-0.4, -0.2) is 54.3 Å². The smallest absolute Gasteiger partial charge is 0.270 e. The Morgan fingerprint density at radius 1 is 0.406 bits per heavy atom. The lowest BCUT2D eigenvalue weighted by atomic mass is 10.00. The predicted molar refractivity (Wildman–Crippen MR) is 352 cm³/mol. The van der Waals surface area contributed by atoms with Crippen LogP contribution >= 0.6 is 0 Å². The zero-order valence-electron chi connectivity index (χ0n) is 52.4. The van der Waals surface area contributed by atoms with Gasteiger partial charge in [-0.3, -0.25) is 0 Å². The molecule has 0 fully saturated rings. The van der Waals surface area contributed by atoms with E-state index < -0.39 is 17.8 Å². The largest absolute Gasteiger partial charge is 0.355 e. The van der Waals surface area contributed by atoms with Gasteiger partial charge in [0.25, 0.3) is 17.8 Å². The molecular formula is C76H55F6N11O3. The lowest BCUT2D eigenvalue weighted by Crippen LogP contribution is -2.07. The van der Waals surface area contributed by atoms with Crippen molar-refractivity contribution in [2.75, 3.05) is 0 Å². The van der Waals surface area contributed by atoms with Crippen molar-refractivity contribution < 1.29 is 39.9 Å². The van der Waals surface area contributed by atoms with Gasteiger partial charge in [0.15, 0.2) is 22.4 Å². The molecule has 96 heavy (non-hydrogen) atoms. The topological polar surface area (TPSA) is 156 Å². The van der Waals surface area contributed by atoms with Crippen LogP contribution in [0.15, 0.2) is 203 Å². The second-order valence-corrected chi connectivity index (χ2v) is 23.3. The van der Waals surface area contributed by atoms with Crippen molar-refractivity contribution in [2.45, 2.75) is 78.6 Å². The van der Waals surface area contributed by atoms with E-state index in [0.717, 1.165) is 109 Å². The van der Waals surface area contributed by atoms with Gasteiger partial charge >= 0.3 is 0 Å². The van der Waals surface area contributed by atoms with Gasteiger partial charge in [-0.15, -0.1) is 0 Å². The summed E-state index contributed by atoms with van der Waals surface area (Å²) in [5.74, 6) is 10.4. The highest BCUT2D eigenvalue weighted by Crippen LogP contribution is 2.34. The van der Waals surface area contributed by atoms with Gasteiger partial charge in [-0.2, -0.15) is 15.3 Å². The molecule has 0 amide bonds. The van der Waals surface area contributed by atoms with Crippen LogP contribution in [0.25, 0.3) is 49.6 Å². The van der Waals surface area contributed by atoms with Gasteiger partial charge in [0, 0.05) is 97.7 Å². The molecule has 0 N–H and O–H groups in total. The van der Waals surface area contributed by atoms with Gasteiger partial charge in [-0.05, 0) is 115 Å². The molecule has 0 aliphatic carbocycles. The molecule has 9 aromatic heterocycles. The summed E-state index contributed by atoms with van der Waals surface area (Å²) in [6.45, 7) is 8.56. The Hall–Kier alpha value is -12.1. The van der Waals surface area contributed by atoms with Crippen molar-refractivity contribution in [3.8, 4) is 35.5 Å². The Labute approximate surface area is 545 Å². The van der Waals surface area contributed by atoms with Crippen molar-refractivity contribution >= 4 is 49.6 Å². The molecule has 0 aliphatic rings. The molecule has 20 heteroatoms. The Morgan fingerprint density at radius 3 is 1.27 bits per heavy atom. The van der Waals surface area contributed by atoms with E-state index in [1.165, 1.54) is 36.4 Å². The normalized spacial score (nSPS) is 11.6. The summed E-state index contributed by atoms with van der Waals surface area (Å²) >= 11 is 0. The molecule has 9 heterocycles. The molecule has 0 unspecified atom stereocenters. The fourth-order valence-corrected chi connectivity index (χ4v) is 11.0. The zero-order chi connectivity index (χ0) is 66.9. The molecule has 15 aromatic rings. The second kappa shape index (κ2) is 25.8. The monoisotopic (exact) mass is 1280 g/mol. The highest BCUT2D eigenvalue weighted by Gasteiger charge is 2.27. The van der Waals surface area contributed by atoms with Crippen molar-refractivity contribution in [3.63, 3.8) is 0 Å². The number of alkyl halides is 6. The number of benzene rings is 6. The van der Waals surface area contributed by atoms with Crippen LogP contribution in [0, 0.1) is 56.3 Å². The number of halogens is 6. The quantitative estimate of drug-likeness (QED) is 0.100. The number of hydrogen-bond donors (Lipinski definition) is 0. The summed E-state index contributed by atoms with van der Waals surface area (Å²) in [5.41, 5.74) is 15.9. The molecule has 0 bridgehead atoms. The first kappa shape index (κ1) is 62.7. The minimum atomic E-state index is -2.89. The highest BCUT2D eigenvalue weighted by molar-refractivity contribution is 5.89. The highest BCUT2D eigenvalue weighted by atomic mass is 19.3. The maximum atomic E-state index is 13.7. The molecule has 474 valence electrons. The van der Waals surface area contributed by atoms with Gasteiger partial charge in [-0.1, -0.05) is 130 Å². The number of fused-ring (bicyclic) bond motifs is 6. The molecule has 0 radical (unpaired) electrons. The average molecular weight is 1280 g/mol. The Morgan fingerprint density at radius 2 is 0.812 bits per heavy atom. The minimum absolute atomic E-state index is 0.0152. The summed E-state index contributed by atoms with van der Waals surface area (Å²) in [6, 6.07) is 40.3. The van der Waals surface area contributed by atoms with E-state index >= 15 is 0 Å². The van der Waals surface area contributed by atoms with E-state index in [-0.39, 0.29) is 16.7 Å². The second-order valence-electron chi connectivity index (χ2n) is 23.3. The third-order valence-corrected chi connectivity index (χ3v) is 16.2. The van der Waals surface area contributed by atoms with Gasteiger partial charge in [-0.25, -0.2) is 49.9 Å². The summed E-state index contributed by atoms with van der Waals surface area (Å²) < 4.78 is 104. The molecule has 15 rings (SSSR count). The van der Waals surface area contributed by atoms with Crippen LogP contribution in [0.2, 0.25) is 0 Å². The third kappa shape index (κ3) is 13.3. The molecule has 0 saturated heterocycles. The van der Waals surface area contributed by atoms with Crippen molar-refractivity contribution in [3.05, 3.63) is 290 Å². The minimum Gasteiger partial charge on any atom is -0.355 e. The molecule has 0 saturated carbocycles. The first-order chi connectivity index (χ1) is 46.2. The van der Waals surface area contributed by atoms with Crippen LogP contribution in [0.5, 0.6) is 0 Å². The molecule has 6 aromatic carbocycles. The Kier molecular flexibility index (Phi) is 16.8. The van der Waals surface area contributed by atoms with Gasteiger partial charge in [0.1, 0.15) is 6.33 Å². The Balaban J connectivity index is 0.000000130. The molecular weight excluding hydrogens is 1230 g/mol. The number of pyridine rings is 1. The van der Waals surface area contributed by atoms with Gasteiger partial charge < -0.3 is 13.6 Å². The molecule has 14 nitrogen and oxygen atoms in total. The fourth-order valence-electron chi connectivity index (χ4n) is 11.0. The summed E-state index contributed by atoms with van der Waals surface area (Å²) in [7, 11) is 0. The van der Waals surface area contributed by atoms with E-state index in [1.807, 2.05) is 112 Å². The van der Waals surface area contributed by atoms with Crippen molar-refractivity contribution in [1.82, 2.24) is 54.3 Å². The SMILES string of the molecule is Cc1ccc2c(Cc3cccc(C(C)(F)F)c3)noc2c1C#Cc1cnn2ccccc12.Cc1ccc2c(Cc3cccc(C(C)(F)F)c3)noc2c1C#Cc1cnn2cccnc12.Cc1ccc2c(Cc3cccc(C(C)(F)F)c3)noc2c1C#Cc1cnn2cnccc12. The van der Waals surface area contributed by atoms with Crippen LogP contribution in [0.1, 0.15) is 121 Å². The average Bonchev–Trinajstić information content (AvgIpc) is 1.65. The first-order valence-corrected chi connectivity index (χ1v) is 30.3. The van der Waals surface area contributed by atoms with E-state index in [0.29, 0.717) is 64.3 Å². The van der Waals surface area contributed by atoms with Crippen LogP contribution < -0.4 is 0 Å². The maximum Gasteiger partial charge on any atom is 0.270 e. The van der Waals surface area contributed by atoms with Crippen LogP contribution in [0.3, 0.4) is 0 Å². The molecule has 0 atom stereocenters. The number of hydrogen-bond acceptors (Lipinski definition) is 11. The third-order valence-electron chi connectivity index (χ3n) is 16.2. The van der Waals surface area contributed by atoms with Crippen LogP contribution in [-0.2, 0) is 37.0 Å². The molecule has 0 spiro atoms. The number of nitrogens with zero attached hydrogens (tertiary/aromatic N) is 11. The number of rotatable bonds is 9. The summed E-state index contributed by atoms with van der Waals surface area (Å²) in [6.07, 6.45) is 15.0. The van der Waals surface area contributed by atoms with Crippen LogP contribution in [0.4, 0.5) is 26.3 Å². The first-order valence-electron chi connectivity index (χ1n) is 30.3. The lowest BCUT2D eigenvalue weighted by molar-refractivity contribution is 0.0167. The van der Waals surface area contributed by atoms with E-state index in [4.69, 9.17) is 13.6 Å². The van der Waals surface area contributed by atoms with Gasteiger partial charge in [0.2, 0.25) is 0 Å². The summed E-state index contributed by atoms with van der Waals surface area (Å²) in [5, 5.41) is 28.0. The number of aryl methyl sites for hydroxylation is 3. The predicted octanol–water partition coefficient (Wildman–Crippen LogP) is 16.4. The summed E-state index contributed by atoms with van der Waals surface area (Å²) in [4.78, 5) is 8.37. The lowest BCUT2D eigenvalue weighted by Gasteiger charge is -2.11. The molecule has 0 aliphatic heterocycles. The fraction of sp³-hybridized carbons (Fsp3) is 0.158. The maximum absolute atomic E-state index is 13.7. The van der Waals surface area contributed by atoms with E-state index in [9.17, 15) is 26.3 Å². The van der Waals surface area contributed by atoms with E-state index in [1.54, 1.807) is 75.1 Å². The Bertz CT molecular complexity index is 5100. The van der Waals surface area contributed by atoms with Crippen molar-refractivity contribution in [2.24, 2.45) is 0 Å². The number of aromatic nitrogens is 11.